The lowest BCUT2D eigenvalue weighted by atomic mass is 9.92. The second-order valence-electron chi connectivity index (χ2n) is 4.59. The van der Waals surface area contributed by atoms with Gasteiger partial charge in [0, 0.05) is 10.4 Å². The fourth-order valence-electron chi connectivity index (χ4n) is 2.09. The molecule has 18 heavy (non-hydrogen) atoms. The van der Waals surface area contributed by atoms with Gasteiger partial charge in [-0.2, -0.15) is 0 Å². The third kappa shape index (κ3) is 3.21. The van der Waals surface area contributed by atoms with Gasteiger partial charge in [0.15, 0.2) is 0 Å². The number of benzene rings is 2. The van der Waals surface area contributed by atoms with E-state index in [0.717, 1.165) is 10.9 Å². The summed E-state index contributed by atoms with van der Waals surface area (Å²) in [6.45, 7) is 2.25. The second kappa shape index (κ2) is 6.17. The molecule has 0 amide bonds. The highest BCUT2D eigenvalue weighted by Crippen LogP contribution is 2.27. The lowest BCUT2D eigenvalue weighted by molar-refractivity contribution is 0.264. The van der Waals surface area contributed by atoms with Crippen LogP contribution in [0.15, 0.2) is 53.0 Å². The first-order valence-electron chi connectivity index (χ1n) is 6.11. The zero-order valence-corrected chi connectivity index (χ0v) is 12.0. The smallest absolute Gasteiger partial charge is 0.0503 e. The molecule has 2 heteroatoms. The molecule has 1 nitrogen and oxygen atoms in total. The summed E-state index contributed by atoms with van der Waals surface area (Å²) in [5.74, 6) is 0.142. The van der Waals surface area contributed by atoms with Crippen molar-refractivity contribution in [2.75, 3.05) is 6.61 Å². The van der Waals surface area contributed by atoms with Crippen molar-refractivity contribution in [3.63, 3.8) is 0 Å². The highest BCUT2D eigenvalue weighted by atomic mass is 79.9. The van der Waals surface area contributed by atoms with E-state index in [4.69, 9.17) is 0 Å². The Bertz CT molecular complexity index is 505. The van der Waals surface area contributed by atoms with Crippen molar-refractivity contribution in [1.82, 2.24) is 0 Å². The molecular weight excluding hydrogens is 288 g/mol. The lowest BCUT2D eigenvalue weighted by Crippen LogP contribution is -2.08. The SMILES string of the molecule is Cc1ccc(CC(CO)c2ccccc2Br)cc1. The van der Waals surface area contributed by atoms with E-state index in [2.05, 4.69) is 53.2 Å². The molecule has 0 radical (unpaired) electrons. The van der Waals surface area contributed by atoms with Crippen LogP contribution in [-0.2, 0) is 6.42 Å². The van der Waals surface area contributed by atoms with Crippen molar-refractivity contribution in [2.24, 2.45) is 0 Å². The topological polar surface area (TPSA) is 20.2 Å². The zero-order valence-electron chi connectivity index (χ0n) is 10.4. The van der Waals surface area contributed by atoms with E-state index in [9.17, 15) is 5.11 Å². The van der Waals surface area contributed by atoms with Gasteiger partial charge in [-0.3, -0.25) is 0 Å². The van der Waals surface area contributed by atoms with E-state index >= 15 is 0 Å². The molecule has 0 aliphatic rings. The Hall–Kier alpha value is -1.12. The molecule has 0 bridgehead atoms. The first kappa shape index (κ1) is 13.3. The van der Waals surface area contributed by atoms with E-state index < -0.39 is 0 Å². The first-order chi connectivity index (χ1) is 8.70. The van der Waals surface area contributed by atoms with Gasteiger partial charge in [0.25, 0.3) is 0 Å². The Kier molecular flexibility index (Phi) is 4.56. The number of hydrogen-bond donors (Lipinski definition) is 1. The number of aliphatic hydroxyl groups is 1. The molecular formula is C16H17BrO. The third-order valence-corrected chi connectivity index (χ3v) is 3.89. The van der Waals surface area contributed by atoms with Crippen LogP contribution in [0.1, 0.15) is 22.6 Å². The van der Waals surface area contributed by atoms with Crippen molar-refractivity contribution >= 4 is 15.9 Å². The van der Waals surface area contributed by atoms with Gasteiger partial charge in [-0.25, -0.2) is 0 Å². The number of aryl methyl sites for hydroxylation is 1. The summed E-state index contributed by atoms with van der Waals surface area (Å²) >= 11 is 3.55. The van der Waals surface area contributed by atoms with Crippen LogP contribution in [0.25, 0.3) is 0 Å². The maximum absolute atomic E-state index is 9.60. The summed E-state index contributed by atoms with van der Waals surface area (Å²) in [4.78, 5) is 0. The molecule has 2 aromatic rings. The average Bonchev–Trinajstić information content (AvgIpc) is 2.39. The van der Waals surface area contributed by atoms with E-state index in [-0.39, 0.29) is 12.5 Å². The molecule has 0 aromatic heterocycles. The van der Waals surface area contributed by atoms with Gasteiger partial charge in [-0.15, -0.1) is 0 Å². The Balaban J connectivity index is 2.20. The predicted molar refractivity (Wildman–Crippen MR) is 78.9 cm³/mol. The Morgan fingerprint density at radius 3 is 2.33 bits per heavy atom. The highest BCUT2D eigenvalue weighted by molar-refractivity contribution is 9.10. The monoisotopic (exact) mass is 304 g/mol. The predicted octanol–water partition coefficient (Wildman–Crippen LogP) is 4.08. The first-order valence-corrected chi connectivity index (χ1v) is 6.91. The van der Waals surface area contributed by atoms with Crippen LogP contribution < -0.4 is 0 Å². The molecule has 0 fully saturated rings. The van der Waals surface area contributed by atoms with Crippen LogP contribution in [-0.4, -0.2) is 11.7 Å². The summed E-state index contributed by atoms with van der Waals surface area (Å²) in [5, 5.41) is 9.60. The maximum atomic E-state index is 9.60. The van der Waals surface area contributed by atoms with Crippen LogP contribution >= 0.6 is 15.9 Å². The Morgan fingerprint density at radius 1 is 1.06 bits per heavy atom. The molecule has 2 aromatic carbocycles. The Morgan fingerprint density at radius 2 is 1.72 bits per heavy atom. The number of rotatable bonds is 4. The molecule has 1 unspecified atom stereocenters. The van der Waals surface area contributed by atoms with Gasteiger partial charge < -0.3 is 5.11 Å². The molecule has 0 aliphatic carbocycles. The minimum Gasteiger partial charge on any atom is -0.396 e. The molecule has 94 valence electrons. The quantitative estimate of drug-likeness (QED) is 0.902. The largest absolute Gasteiger partial charge is 0.396 e. The van der Waals surface area contributed by atoms with Crippen molar-refractivity contribution in [3.05, 3.63) is 69.7 Å². The van der Waals surface area contributed by atoms with Gasteiger partial charge in [0.2, 0.25) is 0 Å². The Labute approximate surface area is 117 Å². The molecule has 1 atom stereocenters. The summed E-state index contributed by atoms with van der Waals surface area (Å²) in [6.07, 6.45) is 0.861. The summed E-state index contributed by atoms with van der Waals surface area (Å²) in [6, 6.07) is 16.6. The van der Waals surface area contributed by atoms with E-state index in [1.54, 1.807) is 0 Å². The van der Waals surface area contributed by atoms with Gasteiger partial charge in [-0.1, -0.05) is 64.0 Å². The second-order valence-corrected chi connectivity index (χ2v) is 5.45. The van der Waals surface area contributed by atoms with E-state index in [0.29, 0.717) is 0 Å². The molecule has 0 heterocycles. The third-order valence-electron chi connectivity index (χ3n) is 3.17. The number of aliphatic hydroxyl groups excluding tert-OH is 1. The van der Waals surface area contributed by atoms with Crippen molar-refractivity contribution in [2.45, 2.75) is 19.3 Å². The highest BCUT2D eigenvalue weighted by Gasteiger charge is 2.13. The summed E-state index contributed by atoms with van der Waals surface area (Å²) in [5.41, 5.74) is 3.69. The lowest BCUT2D eigenvalue weighted by Gasteiger charge is -2.16. The number of hydrogen-bond acceptors (Lipinski definition) is 1. The van der Waals surface area contributed by atoms with E-state index in [1.165, 1.54) is 16.7 Å². The summed E-state index contributed by atoms with van der Waals surface area (Å²) in [7, 11) is 0. The van der Waals surface area contributed by atoms with Crippen LogP contribution in [0.2, 0.25) is 0 Å². The summed E-state index contributed by atoms with van der Waals surface area (Å²) < 4.78 is 1.07. The average molecular weight is 305 g/mol. The molecule has 0 spiro atoms. The fourth-order valence-corrected chi connectivity index (χ4v) is 2.70. The molecule has 0 saturated carbocycles. The van der Waals surface area contributed by atoms with Crippen LogP contribution in [0.5, 0.6) is 0 Å². The van der Waals surface area contributed by atoms with Crippen molar-refractivity contribution in [3.8, 4) is 0 Å². The van der Waals surface area contributed by atoms with Gasteiger partial charge >= 0.3 is 0 Å². The maximum Gasteiger partial charge on any atom is 0.0503 e. The zero-order chi connectivity index (χ0) is 13.0. The normalized spacial score (nSPS) is 12.4. The van der Waals surface area contributed by atoms with Gasteiger partial charge in [0.1, 0.15) is 0 Å². The van der Waals surface area contributed by atoms with Crippen molar-refractivity contribution in [1.29, 1.82) is 0 Å². The molecule has 0 saturated heterocycles. The minimum atomic E-state index is 0.142. The minimum absolute atomic E-state index is 0.142. The van der Waals surface area contributed by atoms with Gasteiger partial charge in [-0.05, 0) is 30.5 Å². The fraction of sp³-hybridized carbons (Fsp3) is 0.250. The van der Waals surface area contributed by atoms with Crippen LogP contribution in [0, 0.1) is 6.92 Å². The van der Waals surface area contributed by atoms with Crippen LogP contribution in [0.3, 0.4) is 0 Å². The number of halogens is 1. The van der Waals surface area contributed by atoms with Crippen molar-refractivity contribution < 1.29 is 5.11 Å². The standard InChI is InChI=1S/C16H17BrO/c1-12-6-8-13(9-7-12)10-14(11-18)15-4-2-3-5-16(15)17/h2-9,14,18H,10-11H2,1H3. The van der Waals surface area contributed by atoms with Gasteiger partial charge in [0.05, 0.1) is 6.61 Å². The van der Waals surface area contributed by atoms with Crippen LogP contribution in [0.4, 0.5) is 0 Å². The molecule has 0 aliphatic heterocycles. The molecule has 1 N–H and O–H groups in total. The van der Waals surface area contributed by atoms with E-state index in [1.807, 2.05) is 18.2 Å². The molecule has 2 rings (SSSR count).